The molecule has 0 bridgehead atoms. The maximum absolute atomic E-state index is 13.5. The van der Waals surface area contributed by atoms with E-state index in [4.69, 9.17) is 0 Å². The van der Waals surface area contributed by atoms with E-state index in [0.717, 1.165) is 26.7 Å². The molecule has 2 aromatic heterocycles. The van der Waals surface area contributed by atoms with E-state index in [1.807, 2.05) is 42.5 Å². The van der Waals surface area contributed by atoms with Crippen molar-refractivity contribution in [1.82, 2.24) is 14.8 Å². The molecule has 1 saturated carbocycles. The van der Waals surface area contributed by atoms with Crippen molar-refractivity contribution in [3.8, 4) is 11.8 Å². The quantitative estimate of drug-likeness (QED) is 0.259. The number of nitriles is 1. The summed E-state index contributed by atoms with van der Waals surface area (Å²) in [4.78, 5) is 17.9. The number of benzene rings is 2. The van der Waals surface area contributed by atoms with Crippen molar-refractivity contribution in [3.63, 3.8) is 0 Å². The summed E-state index contributed by atoms with van der Waals surface area (Å²) in [6, 6.07) is 21.9. The third-order valence-electron chi connectivity index (χ3n) is 6.41. The summed E-state index contributed by atoms with van der Waals surface area (Å²) < 4.78 is 42.4. The molecule has 1 aliphatic rings. The fourth-order valence-corrected chi connectivity index (χ4v) is 9.84. The Morgan fingerprint density at radius 1 is 1.11 bits per heavy atom. The van der Waals surface area contributed by atoms with Gasteiger partial charge in [-0.1, -0.05) is 0 Å². The number of pyridine rings is 1. The van der Waals surface area contributed by atoms with Gasteiger partial charge in [0.15, 0.2) is 0 Å². The number of rotatable bonds is 7. The number of nitrogens with zero attached hydrogens (tertiary/aromatic N) is 4. The van der Waals surface area contributed by atoms with E-state index in [2.05, 4.69) is 21.1 Å². The first-order valence-electron chi connectivity index (χ1n) is 12.0. The summed E-state index contributed by atoms with van der Waals surface area (Å²) in [5, 5.41) is 15.6. The minimum absolute atomic E-state index is 0.157. The zero-order valence-corrected chi connectivity index (χ0v) is 22.2. The molecule has 6 nitrogen and oxygen atoms in total. The number of halogens is 3. The van der Waals surface area contributed by atoms with E-state index in [0.29, 0.717) is 5.69 Å². The first kappa shape index (κ1) is 25.7. The summed E-state index contributed by atoms with van der Waals surface area (Å²) >= 11 is -1.34. The van der Waals surface area contributed by atoms with Gasteiger partial charge in [0.1, 0.15) is 0 Å². The number of alkyl halides is 3. The molecule has 0 saturated heterocycles. The third kappa shape index (κ3) is 5.51. The Hall–Kier alpha value is -3.89. The van der Waals surface area contributed by atoms with Crippen molar-refractivity contribution in [1.29, 1.82) is 5.26 Å². The van der Waals surface area contributed by atoms with Gasteiger partial charge in [0.25, 0.3) is 0 Å². The maximum atomic E-state index is 13.5. The van der Waals surface area contributed by atoms with E-state index in [1.165, 1.54) is 37.1 Å². The first-order chi connectivity index (χ1) is 18.2. The molecule has 1 fully saturated rings. The van der Waals surface area contributed by atoms with Crippen LogP contribution in [0.4, 0.5) is 18.9 Å². The molecule has 1 amide bonds. The second kappa shape index (κ2) is 10.5. The van der Waals surface area contributed by atoms with Gasteiger partial charge in [-0.3, -0.25) is 0 Å². The third-order valence-corrected chi connectivity index (χ3v) is 12.8. The van der Waals surface area contributed by atoms with Crippen molar-refractivity contribution >= 4 is 26.2 Å². The summed E-state index contributed by atoms with van der Waals surface area (Å²) in [5.74, 6) is -0.741. The molecule has 192 valence electrons. The number of aromatic nitrogens is 3. The molecule has 0 radical (unpaired) electrons. The van der Waals surface area contributed by atoms with Crippen LogP contribution in [0, 0.1) is 11.3 Å². The Balaban J connectivity index is 1.48. The molecule has 2 aromatic carbocycles. The van der Waals surface area contributed by atoms with E-state index < -0.39 is 32.4 Å². The molecule has 0 spiro atoms. The van der Waals surface area contributed by atoms with Gasteiger partial charge < -0.3 is 0 Å². The van der Waals surface area contributed by atoms with Crippen LogP contribution in [0.25, 0.3) is 5.69 Å². The number of carbonyl (C=O) groups excluding carboxylic acids is 1. The Morgan fingerprint density at radius 3 is 2.58 bits per heavy atom. The average molecular weight is 577 g/mol. The molecular formula is C28H23AsF3N5O. The second-order valence-electron chi connectivity index (χ2n) is 9.12. The standard InChI is InChI=1S/C28H23AsF3N5O/c1-29(20-11-12-20)26(23-10-2-3-13-34-23)19-7-5-8-21(15-19)35-27(38)24-16-25(28(30,31)32)36-37(24)22-9-4-6-18(14-22)17-33/h2-10,13-16,20,26H,11-12H2,1H3,(H,35,38). The summed E-state index contributed by atoms with van der Waals surface area (Å²) in [5.41, 5.74) is 3.77. The van der Waals surface area contributed by atoms with Crippen LogP contribution in [-0.4, -0.2) is 35.3 Å². The normalized spacial score (nSPS) is 14.9. The minimum atomic E-state index is -4.74. The van der Waals surface area contributed by atoms with Crippen molar-refractivity contribution in [2.75, 3.05) is 5.32 Å². The van der Waals surface area contributed by atoms with E-state index in [-0.39, 0.29) is 21.7 Å². The predicted octanol–water partition coefficient (Wildman–Crippen LogP) is 6.37. The van der Waals surface area contributed by atoms with Gasteiger partial charge in [0, 0.05) is 0 Å². The van der Waals surface area contributed by atoms with Crippen LogP contribution in [0.5, 0.6) is 0 Å². The monoisotopic (exact) mass is 577 g/mol. The zero-order valence-electron chi connectivity index (χ0n) is 20.4. The summed E-state index contributed by atoms with van der Waals surface area (Å²) in [7, 11) is 0. The van der Waals surface area contributed by atoms with Gasteiger partial charge in [-0.2, -0.15) is 5.26 Å². The van der Waals surface area contributed by atoms with Crippen LogP contribution in [0.2, 0.25) is 10.4 Å². The van der Waals surface area contributed by atoms with Crippen molar-refractivity contribution in [3.05, 3.63) is 107 Å². The number of amides is 1. The summed E-state index contributed by atoms with van der Waals surface area (Å²) in [6.45, 7) is 0. The Bertz CT molecular complexity index is 1510. The molecular weight excluding hydrogens is 554 g/mol. The number of anilines is 1. The van der Waals surface area contributed by atoms with Gasteiger partial charge in [-0.15, -0.1) is 0 Å². The first-order valence-corrected chi connectivity index (χ1v) is 16.0. The van der Waals surface area contributed by atoms with Crippen LogP contribution in [0.1, 0.15) is 50.6 Å². The molecule has 1 N–H and O–H groups in total. The predicted molar refractivity (Wildman–Crippen MR) is 138 cm³/mol. The van der Waals surface area contributed by atoms with Gasteiger partial charge in [-0.25, -0.2) is 0 Å². The molecule has 2 atom stereocenters. The van der Waals surface area contributed by atoms with Gasteiger partial charge >= 0.3 is 217 Å². The van der Waals surface area contributed by atoms with Crippen LogP contribution in [0.15, 0.2) is 79.0 Å². The average Bonchev–Trinajstić information content (AvgIpc) is 3.66. The topological polar surface area (TPSA) is 83.6 Å². The Kier molecular flexibility index (Phi) is 7.09. The molecule has 0 aliphatic heterocycles. The molecule has 1 aliphatic carbocycles. The zero-order chi connectivity index (χ0) is 26.9. The van der Waals surface area contributed by atoms with Crippen LogP contribution in [0.3, 0.4) is 0 Å². The molecule has 10 heteroatoms. The molecule has 4 aromatic rings. The summed E-state index contributed by atoms with van der Waals surface area (Å²) in [6.07, 6.45) is -0.500. The number of hydrogen-bond donors (Lipinski definition) is 1. The fourth-order valence-electron chi connectivity index (χ4n) is 4.41. The van der Waals surface area contributed by atoms with Crippen LogP contribution >= 0.6 is 0 Å². The van der Waals surface area contributed by atoms with Crippen LogP contribution < -0.4 is 5.32 Å². The van der Waals surface area contributed by atoms with Crippen molar-refractivity contribution < 1.29 is 18.0 Å². The Morgan fingerprint density at radius 2 is 1.89 bits per heavy atom. The van der Waals surface area contributed by atoms with Gasteiger partial charge in [0.2, 0.25) is 0 Å². The van der Waals surface area contributed by atoms with Crippen molar-refractivity contribution in [2.45, 2.75) is 34.1 Å². The van der Waals surface area contributed by atoms with E-state index in [9.17, 15) is 23.2 Å². The van der Waals surface area contributed by atoms with E-state index in [1.54, 1.807) is 12.3 Å². The fraction of sp³-hybridized carbons (Fsp3) is 0.214. The molecule has 5 rings (SSSR count). The number of nitrogens with one attached hydrogen (secondary N) is 1. The van der Waals surface area contributed by atoms with Crippen LogP contribution in [-0.2, 0) is 6.18 Å². The van der Waals surface area contributed by atoms with Gasteiger partial charge in [0.05, 0.1) is 0 Å². The Labute approximate surface area is 222 Å². The number of carbonyl (C=O) groups is 1. The molecule has 2 heterocycles. The van der Waals surface area contributed by atoms with E-state index >= 15 is 0 Å². The molecule has 38 heavy (non-hydrogen) atoms. The molecule has 2 unspecified atom stereocenters. The SMILES string of the molecule is C[As](C1CC1)C(c1cccc(NC(=O)c2cc(C(F)(F)F)nn2-c2cccc(C#N)c2)c1)c1ccccn1. The van der Waals surface area contributed by atoms with Crippen molar-refractivity contribution in [2.24, 2.45) is 0 Å². The second-order valence-corrected chi connectivity index (χ2v) is 14.5. The van der Waals surface area contributed by atoms with Gasteiger partial charge in [-0.05, 0) is 0 Å². The number of hydrogen-bond acceptors (Lipinski definition) is 4.